The van der Waals surface area contributed by atoms with Gasteiger partial charge in [-0.3, -0.25) is 15.0 Å². The first-order valence-electron chi connectivity index (χ1n) is 14.9. The topological polar surface area (TPSA) is 90.8 Å². The lowest BCUT2D eigenvalue weighted by Gasteiger charge is -2.36. The number of hydrogen-bond acceptors (Lipinski definition) is 6. The van der Waals surface area contributed by atoms with Gasteiger partial charge in [-0.2, -0.15) is 17.5 Å². The molecule has 0 aliphatic carbocycles. The zero-order valence-corrected chi connectivity index (χ0v) is 27.1. The molecule has 0 saturated carbocycles. The molecule has 2 aliphatic rings. The molecule has 2 aromatic carbocycles. The molecule has 9 nitrogen and oxygen atoms in total. The van der Waals surface area contributed by atoms with Gasteiger partial charge in [-0.1, -0.05) is 12.1 Å². The highest BCUT2D eigenvalue weighted by atomic mass is 32.2. The van der Waals surface area contributed by atoms with E-state index in [1.54, 1.807) is 9.80 Å². The number of imidazole rings is 1. The van der Waals surface area contributed by atoms with Crippen molar-refractivity contribution in [2.45, 2.75) is 50.6 Å². The molecule has 1 aromatic heterocycles. The van der Waals surface area contributed by atoms with E-state index >= 15 is 4.39 Å². The van der Waals surface area contributed by atoms with Crippen molar-refractivity contribution in [2.24, 2.45) is 0 Å². The van der Waals surface area contributed by atoms with Crippen LogP contribution in [-0.4, -0.2) is 89.8 Å². The third-order valence-corrected chi connectivity index (χ3v) is 10.1. The van der Waals surface area contributed by atoms with E-state index in [0.717, 1.165) is 30.5 Å². The maximum atomic E-state index is 16.9. The lowest BCUT2D eigenvalue weighted by molar-refractivity contribution is -0.137. The molecule has 1 amide bonds. The number of carbonyl (C=O) groups is 1. The quantitative estimate of drug-likeness (QED) is 0.358. The van der Waals surface area contributed by atoms with Crippen LogP contribution in [-0.2, 0) is 27.5 Å². The van der Waals surface area contributed by atoms with Crippen LogP contribution in [0.25, 0.3) is 0 Å². The van der Waals surface area contributed by atoms with Crippen LogP contribution in [0, 0.1) is 11.6 Å². The summed E-state index contributed by atoms with van der Waals surface area (Å²) in [4.78, 5) is 21.2. The minimum atomic E-state index is -4.63. The Labute approximate surface area is 269 Å². The van der Waals surface area contributed by atoms with Crippen molar-refractivity contribution in [1.82, 2.24) is 18.8 Å². The highest BCUT2D eigenvalue weighted by Gasteiger charge is 2.56. The fourth-order valence-corrected chi connectivity index (χ4v) is 6.89. The SMILES string of the molecule is CC(C)(C)N1C[C@@H](c2ccc(F)cc2F)[C@](F)(C(=O)Nc2nccn2Cc2ccc(C(F)(F)F)cc2N2CCN(S(C)(=O)=O)CC2)C1. The number of amides is 1. The van der Waals surface area contributed by atoms with E-state index in [-0.39, 0.29) is 63.0 Å². The van der Waals surface area contributed by atoms with Gasteiger partial charge < -0.3 is 9.47 Å². The van der Waals surface area contributed by atoms with Crippen LogP contribution >= 0.6 is 0 Å². The molecule has 5 rings (SSSR count). The number of likely N-dealkylation sites (tertiary alicyclic amines) is 1. The number of nitrogens with zero attached hydrogens (tertiary/aromatic N) is 5. The number of anilines is 2. The van der Waals surface area contributed by atoms with Crippen molar-refractivity contribution in [3.63, 3.8) is 0 Å². The van der Waals surface area contributed by atoms with Gasteiger partial charge in [0.1, 0.15) is 11.6 Å². The average molecular weight is 687 g/mol. The monoisotopic (exact) mass is 686 g/mol. The van der Waals surface area contributed by atoms with Gasteiger partial charge in [0.05, 0.1) is 18.4 Å². The summed E-state index contributed by atoms with van der Waals surface area (Å²) in [5.41, 5.74) is -3.63. The van der Waals surface area contributed by atoms with Gasteiger partial charge >= 0.3 is 6.18 Å². The summed E-state index contributed by atoms with van der Waals surface area (Å²) in [5, 5.41) is 2.50. The van der Waals surface area contributed by atoms with Crippen LogP contribution < -0.4 is 10.2 Å². The van der Waals surface area contributed by atoms with Crippen LogP contribution in [0.3, 0.4) is 0 Å². The molecule has 2 atom stereocenters. The number of hydrogen-bond donors (Lipinski definition) is 1. The Hall–Kier alpha value is -3.63. The van der Waals surface area contributed by atoms with Crippen LogP contribution in [0.2, 0.25) is 0 Å². The second kappa shape index (κ2) is 12.4. The van der Waals surface area contributed by atoms with Gasteiger partial charge in [-0.05, 0) is 50.1 Å². The number of nitrogens with one attached hydrogen (secondary N) is 1. The van der Waals surface area contributed by atoms with Crippen molar-refractivity contribution >= 4 is 27.6 Å². The van der Waals surface area contributed by atoms with Crippen molar-refractivity contribution < 1.29 is 39.6 Å². The Balaban J connectivity index is 1.43. The molecule has 0 unspecified atom stereocenters. The van der Waals surface area contributed by atoms with E-state index in [0.29, 0.717) is 11.6 Å². The highest BCUT2D eigenvalue weighted by Crippen LogP contribution is 2.43. The van der Waals surface area contributed by atoms with E-state index in [1.165, 1.54) is 27.3 Å². The average Bonchev–Trinajstić information content (AvgIpc) is 3.56. The second-order valence-electron chi connectivity index (χ2n) is 13.0. The number of carbonyl (C=O) groups excluding carboxylic acids is 1. The largest absolute Gasteiger partial charge is 0.416 e. The Morgan fingerprint density at radius 3 is 2.32 bits per heavy atom. The molecule has 16 heteroatoms. The number of alkyl halides is 4. The number of rotatable bonds is 7. The fraction of sp³-hybridized carbons (Fsp3) is 0.484. The standard InChI is InChI=1S/C31H36F6N6O3S/c1-29(2,3)42-18-24(23-8-7-22(32)16-25(23)33)30(34,19-42)27(44)39-28-38-9-10-41(28)17-20-5-6-21(31(35,36)37)15-26(20)40-11-13-43(14-12-40)47(4,45)46/h5-10,15-16,24H,11-14,17-19H2,1-4H3,(H,38,39,44)/t24-,30-/m0/s1. The lowest BCUT2D eigenvalue weighted by atomic mass is 9.85. The van der Waals surface area contributed by atoms with Gasteiger partial charge in [-0.15, -0.1) is 0 Å². The Morgan fingerprint density at radius 1 is 1.04 bits per heavy atom. The van der Waals surface area contributed by atoms with Crippen LogP contribution in [0.1, 0.15) is 43.4 Å². The Bertz CT molecular complexity index is 1750. The summed E-state index contributed by atoms with van der Waals surface area (Å²) in [5.74, 6) is -4.29. The summed E-state index contributed by atoms with van der Waals surface area (Å²) < 4.78 is 113. The molecule has 2 saturated heterocycles. The predicted octanol–water partition coefficient (Wildman–Crippen LogP) is 4.85. The van der Waals surface area contributed by atoms with Gasteiger partial charge in [0, 0.05) is 74.9 Å². The highest BCUT2D eigenvalue weighted by molar-refractivity contribution is 7.88. The van der Waals surface area contributed by atoms with Gasteiger partial charge in [-0.25, -0.2) is 26.6 Å². The normalized spacial score (nSPS) is 21.7. The third kappa shape index (κ3) is 7.28. The van der Waals surface area contributed by atoms with Crippen molar-refractivity contribution in [3.8, 4) is 0 Å². The maximum Gasteiger partial charge on any atom is 0.416 e. The number of sulfonamides is 1. The van der Waals surface area contributed by atoms with Crippen LogP contribution in [0.5, 0.6) is 0 Å². The maximum absolute atomic E-state index is 16.9. The van der Waals surface area contributed by atoms with Gasteiger partial charge in [0.15, 0.2) is 0 Å². The van der Waals surface area contributed by atoms with E-state index in [4.69, 9.17) is 0 Å². The molecule has 2 aliphatic heterocycles. The second-order valence-corrected chi connectivity index (χ2v) is 14.9. The number of halogens is 6. The summed E-state index contributed by atoms with van der Waals surface area (Å²) in [6.45, 7) is 5.45. The first-order valence-corrected chi connectivity index (χ1v) is 16.7. The van der Waals surface area contributed by atoms with Crippen molar-refractivity contribution in [1.29, 1.82) is 0 Å². The number of benzene rings is 2. The minimum absolute atomic E-state index is 0.0219. The molecule has 1 N–H and O–H groups in total. The molecule has 0 bridgehead atoms. The van der Waals surface area contributed by atoms with Gasteiger partial charge in [0.2, 0.25) is 21.6 Å². The lowest BCUT2D eigenvalue weighted by Crippen LogP contribution is -2.48. The summed E-state index contributed by atoms with van der Waals surface area (Å²) in [6.07, 6.45) is -0.757. The summed E-state index contributed by atoms with van der Waals surface area (Å²) in [6, 6.07) is 6.01. The van der Waals surface area contributed by atoms with Crippen LogP contribution in [0.4, 0.5) is 38.0 Å². The predicted molar refractivity (Wildman–Crippen MR) is 164 cm³/mol. The van der Waals surface area contributed by atoms with E-state index < -0.39 is 56.4 Å². The van der Waals surface area contributed by atoms with Gasteiger partial charge in [0.25, 0.3) is 5.91 Å². The van der Waals surface area contributed by atoms with Crippen LogP contribution in [0.15, 0.2) is 48.8 Å². The minimum Gasteiger partial charge on any atom is -0.369 e. The number of aromatic nitrogens is 2. The third-order valence-electron chi connectivity index (χ3n) is 8.78. The number of piperazine rings is 1. The fourth-order valence-electron chi connectivity index (χ4n) is 6.07. The Morgan fingerprint density at radius 2 is 1.72 bits per heavy atom. The molecule has 3 heterocycles. The first-order chi connectivity index (χ1) is 21.8. The molecule has 2 fully saturated rings. The van der Waals surface area contributed by atoms with E-state index in [9.17, 15) is 35.2 Å². The Kier molecular flexibility index (Phi) is 9.18. The summed E-state index contributed by atoms with van der Waals surface area (Å²) >= 11 is 0. The first kappa shape index (κ1) is 34.7. The zero-order valence-electron chi connectivity index (χ0n) is 26.3. The molecule has 0 spiro atoms. The van der Waals surface area contributed by atoms with Crippen molar-refractivity contribution in [2.75, 3.05) is 55.7 Å². The molecule has 3 aromatic rings. The van der Waals surface area contributed by atoms with E-state index in [1.807, 2.05) is 20.8 Å². The molecule has 256 valence electrons. The van der Waals surface area contributed by atoms with E-state index in [2.05, 4.69) is 10.3 Å². The molecule has 47 heavy (non-hydrogen) atoms. The molecule has 0 radical (unpaired) electrons. The van der Waals surface area contributed by atoms with Crippen molar-refractivity contribution in [3.05, 3.63) is 77.1 Å². The smallest absolute Gasteiger partial charge is 0.369 e. The summed E-state index contributed by atoms with van der Waals surface area (Å²) in [7, 11) is -3.48. The molecular formula is C31H36F6N6O3S. The zero-order chi connectivity index (χ0) is 34.5. The molecular weight excluding hydrogens is 650 g/mol.